The number of hydrogen-bond acceptors (Lipinski definition) is 3. The average molecular weight is 609 g/mol. The number of alkyl halides is 5. The number of carbonyl (C=O) groups is 1. The summed E-state index contributed by atoms with van der Waals surface area (Å²) in [7, 11) is -1.35. The van der Waals surface area contributed by atoms with E-state index >= 15 is 0 Å². The highest BCUT2D eigenvalue weighted by Gasteiger charge is 2.58. The van der Waals surface area contributed by atoms with Gasteiger partial charge in [-0.3, -0.25) is 9.00 Å². The Hall–Kier alpha value is -0.830. The van der Waals surface area contributed by atoms with Crippen molar-refractivity contribution in [3.8, 4) is 0 Å². The molecule has 0 saturated heterocycles. The van der Waals surface area contributed by atoms with Crippen LogP contribution < -0.4 is 0 Å². The molecule has 4 rings (SSSR count). The molecule has 0 aromatic heterocycles. The molecule has 3 nitrogen and oxygen atoms in total. The van der Waals surface area contributed by atoms with Gasteiger partial charge < -0.3 is 5.11 Å². The molecule has 9 heteroatoms. The maximum atomic E-state index is 13.0. The molecule has 1 N–H and O–H groups in total. The number of unbranched alkanes of at least 4 members (excludes halogenated alkanes) is 6. The second-order valence-electron chi connectivity index (χ2n) is 13.7. The molecule has 3 saturated carbocycles. The van der Waals surface area contributed by atoms with Gasteiger partial charge in [0, 0.05) is 35.1 Å². The maximum absolute atomic E-state index is 13.0. The molecule has 236 valence electrons. The summed E-state index contributed by atoms with van der Waals surface area (Å²) in [5, 5.41) is 10.8. The van der Waals surface area contributed by atoms with Crippen LogP contribution in [0, 0.1) is 35.0 Å². The standard InChI is InChI=1S/C32H49F5O3S/c1-30-17-15-26-25-12-11-24(38)21-23(25)20-22(29(26)27(30)13-14-28(30)39)10-7-5-3-2-4-6-8-18-41(40)19-9-16-31(33,34)32(35,36)37/h21-22,25-29,39H,2-20H2,1H3/t22?,25?,26?,27?,28-,29?,30-,41?/m0/s1. The zero-order valence-electron chi connectivity index (χ0n) is 24.5. The number of halogens is 5. The van der Waals surface area contributed by atoms with Crippen LogP contribution in [0.2, 0.25) is 0 Å². The van der Waals surface area contributed by atoms with Crippen LogP contribution in [-0.2, 0) is 15.6 Å². The first kappa shape index (κ1) is 33.1. The van der Waals surface area contributed by atoms with E-state index < -0.39 is 35.7 Å². The van der Waals surface area contributed by atoms with Gasteiger partial charge in [-0.2, -0.15) is 22.0 Å². The Bertz CT molecular complexity index is 950. The largest absolute Gasteiger partial charge is 0.453 e. The highest BCUT2D eigenvalue weighted by atomic mass is 32.2. The monoisotopic (exact) mass is 608 g/mol. The molecule has 0 heterocycles. The lowest BCUT2D eigenvalue weighted by Gasteiger charge is -2.56. The molecule has 0 spiro atoms. The van der Waals surface area contributed by atoms with Crippen LogP contribution >= 0.6 is 0 Å². The van der Waals surface area contributed by atoms with Gasteiger partial charge in [0.2, 0.25) is 0 Å². The Morgan fingerprint density at radius 3 is 2.29 bits per heavy atom. The van der Waals surface area contributed by atoms with Crippen molar-refractivity contribution in [2.24, 2.45) is 35.0 Å². The third-order valence-corrected chi connectivity index (χ3v) is 12.6. The van der Waals surface area contributed by atoms with E-state index in [1.54, 1.807) is 0 Å². The minimum absolute atomic E-state index is 0.0446. The van der Waals surface area contributed by atoms with E-state index in [0.717, 1.165) is 64.2 Å². The second kappa shape index (κ2) is 13.9. The number of ketones is 1. The van der Waals surface area contributed by atoms with E-state index in [9.17, 15) is 36.1 Å². The van der Waals surface area contributed by atoms with Crippen LogP contribution in [0.1, 0.15) is 116 Å². The van der Waals surface area contributed by atoms with E-state index in [4.69, 9.17) is 0 Å². The van der Waals surface area contributed by atoms with Gasteiger partial charge in [0.25, 0.3) is 0 Å². The van der Waals surface area contributed by atoms with E-state index in [1.807, 2.05) is 6.08 Å². The molecule has 6 unspecified atom stereocenters. The van der Waals surface area contributed by atoms with Crippen molar-refractivity contribution in [1.82, 2.24) is 0 Å². The second-order valence-corrected chi connectivity index (χ2v) is 15.4. The van der Waals surface area contributed by atoms with Crippen LogP contribution in [-0.4, -0.2) is 44.8 Å². The molecule has 8 atom stereocenters. The van der Waals surface area contributed by atoms with Crippen LogP contribution in [0.5, 0.6) is 0 Å². The summed E-state index contributed by atoms with van der Waals surface area (Å²) in [6.45, 7) is 2.32. The first-order valence-corrected chi connectivity index (χ1v) is 17.5. The van der Waals surface area contributed by atoms with Crippen molar-refractivity contribution in [1.29, 1.82) is 0 Å². The predicted molar refractivity (Wildman–Crippen MR) is 152 cm³/mol. The van der Waals surface area contributed by atoms with Crippen LogP contribution in [0.15, 0.2) is 11.6 Å². The summed E-state index contributed by atoms with van der Waals surface area (Å²) in [4.78, 5) is 12.2. The van der Waals surface area contributed by atoms with Crippen molar-refractivity contribution in [3.63, 3.8) is 0 Å². The Morgan fingerprint density at radius 2 is 1.59 bits per heavy atom. The SMILES string of the molecule is C[C@]12CCC3C4CCC(=O)C=C4CC(CCCCCCCCCS(=O)CCCC(F)(F)C(F)(F)F)C3C1CC[C@@H]2O. The third kappa shape index (κ3) is 7.82. The van der Waals surface area contributed by atoms with E-state index in [2.05, 4.69) is 6.92 Å². The molecule has 3 fully saturated rings. The summed E-state index contributed by atoms with van der Waals surface area (Å²) in [6, 6.07) is 0. The predicted octanol–water partition coefficient (Wildman–Crippen LogP) is 8.56. The van der Waals surface area contributed by atoms with Gasteiger partial charge in [-0.1, -0.05) is 51.0 Å². The zero-order valence-corrected chi connectivity index (χ0v) is 25.4. The van der Waals surface area contributed by atoms with Crippen LogP contribution in [0.4, 0.5) is 22.0 Å². The number of carbonyl (C=O) groups excluding carboxylic acids is 1. The van der Waals surface area contributed by atoms with Crippen molar-refractivity contribution in [3.05, 3.63) is 11.6 Å². The lowest BCUT2D eigenvalue weighted by molar-refractivity contribution is -0.284. The maximum Gasteiger partial charge on any atom is 0.453 e. The number of hydrogen-bond donors (Lipinski definition) is 1. The molecule has 0 radical (unpaired) electrons. The fraction of sp³-hybridized carbons (Fsp3) is 0.906. The number of aliphatic hydroxyl groups excluding tert-OH is 1. The number of aliphatic hydroxyl groups is 1. The topological polar surface area (TPSA) is 54.4 Å². The molecule has 0 aliphatic heterocycles. The van der Waals surface area contributed by atoms with Crippen molar-refractivity contribution >= 4 is 16.6 Å². The Balaban J connectivity index is 1.14. The molecule has 0 bridgehead atoms. The molecule has 0 amide bonds. The molecule has 0 aromatic carbocycles. The normalized spacial score (nSPS) is 34.5. The van der Waals surface area contributed by atoms with Crippen LogP contribution in [0.25, 0.3) is 0 Å². The Labute approximate surface area is 244 Å². The summed E-state index contributed by atoms with van der Waals surface area (Å²) in [6.07, 6.45) is 9.91. The first-order chi connectivity index (χ1) is 19.3. The quantitative estimate of drug-likeness (QED) is 0.159. The van der Waals surface area contributed by atoms with Gasteiger partial charge in [-0.25, -0.2) is 0 Å². The van der Waals surface area contributed by atoms with E-state index in [1.165, 1.54) is 24.8 Å². The number of fused-ring (bicyclic) bond motifs is 5. The Morgan fingerprint density at radius 1 is 0.927 bits per heavy atom. The van der Waals surface area contributed by atoms with Crippen molar-refractivity contribution < 1.29 is 36.1 Å². The molecular formula is C32H49F5O3S. The minimum atomic E-state index is -5.54. The van der Waals surface area contributed by atoms with Crippen LogP contribution in [0.3, 0.4) is 0 Å². The summed E-state index contributed by atoms with van der Waals surface area (Å²) in [5.74, 6) is -1.12. The van der Waals surface area contributed by atoms with Crippen molar-refractivity contribution in [2.45, 2.75) is 134 Å². The van der Waals surface area contributed by atoms with E-state index in [-0.39, 0.29) is 23.1 Å². The Kier molecular flexibility index (Phi) is 11.2. The highest BCUT2D eigenvalue weighted by molar-refractivity contribution is 7.84. The van der Waals surface area contributed by atoms with Crippen molar-refractivity contribution in [2.75, 3.05) is 11.5 Å². The van der Waals surface area contributed by atoms with Gasteiger partial charge in [-0.15, -0.1) is 0 Å². The molecular weight excluding hydrogens is 559 g/mol. The number of rotatable bonds is 14. The van der Waals surface area contributed by atoms with Gasteiger partial charge >= 0.3 is 12.1 Å². The summed E-state index contributed by atoms with van der Waals surface area (Å²) in [5.41, 5.74) is 1.45. The smallest absolute Gasteiger partial charge is 0.393 e. The molecule has 0 aromatic rings. The van der Waals surface area contributed by atoms with Gasteiger partial charge in [-0.05, 0) is 98.9 Å². The highest BCUT2D eigenvalue weighted by Crippen LogP contribution is 2.63. The first-order valence-electron chi connectivity index (χ1n) is 16.0. The van der Waals surface area contributed by atoms with Gasteiger partial charge in [0.05, 0.1) is 6.10 Å². The minimum Gasteiger partial charge on any atom is -0.393 e. The average Bonchev–Trinajstić information content (AvgIpc) is 3.20. The fourth-order valence-corrected chi connectivity index (χ4v) is 10.1. The molecule has 4 aliphatic rings. The van der Waals surface area contributed by atoms with Gasteiger partial charge in [0.15, 0.2) is 5.78 Å². The summed E-state index contributed by atoms with van der Waals surface area (Å²) >= 11 is 0. The number of allylic oxidation sites excluding steroid dienone is 1. The van der Waals surface area contributed by atoms with E-state index in [0.29, 0.717) is 48.2 Å². The molecule has 41 heavy (non-hydrogen) atoms. The molecule has 4 aliphatic carbocycles. The zero-order chi connectivity index (χ0) is 29.8. The van der Waals surface area contributed by atoms with Gasteiger partial charge in [0.1, 0.15) is 0 Å². The lowest BCUT2D eigenvalue weighted by Crippen LogP contribution is -2.50. The lowest BCUT2D eigenvalue weighted by atomic mass is 9.49. The fourth-order valence-electron chi connectivity index (χ4n) is 8.90. The summed E-state index contributed by atoms with van der Waals surface area (Å²) < 4.78 is 74.5. The third-order valence-electron chi connectivity index (χ3n) is 11.1.